The lowest BCUT2D eigenvalue weighted by molar-refractivity contribution is 0.0691. The van der Waals surface area contributed by atoms with E-state index in [2.05, 4.69) is 10.3 Å². The van der Waals surface area contributed by atoms with Crippen LogP contribution in [0.5, 0.6) is 0 Å². The molecule has 94 valence electrons. The molecule has 0 radical (unpaired) electrons. The first-order chi connectivity index (χ1) is 7.85. The van der Waals surface area contributed by atoms with Crippen molar-refractivity contribution in [2.45, 2.75) is 39.2 Å². The van der Waals surface area contributed by atoms with Crippen molar-refractivity contribution in [3.63, 3.8) is 0 Å². The lowest BCUT2D eigenvalue weighted by atomic mass is 9.99. The maximum atomic E-state index is 11.8. The van der Waals surface area contributed by atoms with Crippen molar-refractivity contribution < 1.29 is 14.7 Å². The number of rotatable bonds is 5. The van der Waals surface area contributed by atoms with Crippen molar-refractivity contribution in [2.24, 2.45) is 0 Å². The van der Waals surface area contributed by atoms with Crippen LogP contribution in [0.15, 0.2) is 5.38 Å². The zero-order valence-corrected chi connectivity index (χ0v) is 10.9. The van der Waals surface area contributed by atoms with Gasteiger partial charge < -0.3 is 10.4 Å². The Morgan fingerprint density at radius 3 is 2.65 bits per heavy atom. The highest BCUT2D eigenvalue weighted by Gasteiger charge is 2.22. The van der Waals surface area contributed by atoms with Crippen LogP contribution in [0.1, 0.15) is 53.9 Å². The number of carboxylic acids is 1. The molecule has 0 saturated heterocycles. The highest BCUT2D eigenvalue weighted by atomic mass is 32.1. The van der Waals surface area contributed by atoms with E-state index in [1.807, 2.05) is 20.8 Å². The summed E-state index contributed by atoms with van der Waals surface area (Å²) in [6.45, 7) is 5.90. The number of hydrogen-bond donors (Lipinski definition) is 2. The molecule has 0 saturated carbocycles. The van der Waals surface area contributed by atoms with Crippen molar-refractivity contribution in [1.82, 2.24) is 10.3 Å². The van der Waals surface area contributed by atoms with Crippen molar-refractivity contribution in [1.29, 1.82) is 0 Å². The minimum atomic E-state index is -1.12. The second-order valence-corrected chi connectivity index (χ2v) is 5.29. The standard InChI is InChI=1S/C11H16N2O3S/c1-4-5-11(2,3)13-8(14)9-12-7(6-17-9)10(15)16/h6H,4-5H2,1-3H3,(H,13,14)(H,15,16). The van der Waals surface area contributed by atoms with E-state index in [1.165, 1.54) is 5.38 Å². The second kappa shape index (κ2) is 5.27. The summed E-state index contributed by atoms with van der Waals surface area (Å²) in [6, 6.07) is 0. The molecule has 17 heavy (non-hydrogen) atoms. The Balaban J connectivity index is 2.73. The molecule has 0 aliphatic heterocycles. The van der Waals surface area contributed by atoms with Gasteiger partial charge >= 0.3 is 5.97 Å². The first kappa shape index (κ1) is 13.6. The molecule has 0 atom stereocenters. The Kier molecular flexibility index (Phi) is 4.22. The van der Waals surface area contributed by atoms with E-state index in [1.54, 1.807) is 0 Å². The van der Waals surface area contributed by atoms with Gasteiger partial charge in [-0.15, -0.1) is 11.3 Å². The lowest BCUT2D eigenvalue weighted by Crippen LogP contribution is -2.43. The van der Waals surface area contributed by atoms with Crippen LogP contribution in [0.25, 0.3) is 0 Å². The number of thiazole rings is 1. The van der Waals surface area contributed by atoms with E-state index in [0.29, 0.717) is 0 Å². The Morgan fingerprint density at radius 1 is 1.53 bits per heavy atom. The zero-order chi connectivity index (χ0) is 13.1. The molecule has 0 bridgehead atoms. The molecule has 0 aliphatic carbocycles. The molecule has 2 N–H and O–H groups in total. The molecule has 0 aromatic carbocycles. The third-order valence-electron chi connectivity index (χ3n) is 2.24. The molecule has 1 amide bonds. The summed E-state index contributed by atoms with van der Waals surface area (Å²) in [7, 11) is 0. The normalized spacial score (nSPS) is 11.2. The number of nitrogens with one attached hydrogen (secondary N) is 1. The zero-order valence-electron chi connectivity index (χ0n) is 10.1. The fourth-order valence-electron chi connectivity index (χ4n) is 1.52. The van der Waals surface area contributed by atoms with Gasteiger partial charge in [-0.1, -0.05) is 13.3 Å². The summed E-state index contributed by atoms with van der Waals surface area (Å²) in [5.74, 6) is -1.44. The molecule has 1 aromatic heterocycles. The maximum absolute atomic E-state index is 11.8. The number of aromatic carboxylic acids is 1. The van der Waals surface area contributed by atoms with Gasteiger partial charge in [0.05, 0.1) is 0 Å². The molecule has 6 heteroatoms. The van der Waals surface area contributed by atoms with Crippen LogP contribution in [-0.2, 0) is 0 Å². The highest BCUT2D eigenvalue weighted by Crippen LogP contribution is 2.14. The number of carbonyl (C=O) groups is 2. The van der Waals surface area contributed by atoms with E-state index >= 15 is 0 Å². The van der Waals surface area contributed by atoms with Gasteiger partial charge in [0.25, 0.3) is 5.91 Å². The van der Waals surface area contributed by atoms with Gasteiger partial charge in [0.1, 0.15) is 0 Å². The molecule has 1 aromatic rings. The molecule has 0 aliphatic rings. The fraction of sp³-hybridized carbons (Fsp3) is 0.545. The number of carboxylic acid groups (broad SMARTS) is 1. The summed E-state index contributed by atoms with van der Waals surface area (Å²) in [5.41, 5.74) is -0.394. The smallest absolute Gasteiger partial charge is 0.355 e. The predicted molar refractivity (Wildman–Crippen MR) is 65.5 cm³/mol. The van der Waals surface area contributed by atoms with Crippen molar-refractivity contribution >= 4 is 23.2 Å². The van der Waals surface area contributed by atoms with Crippen LogP contribution in [0.2, 0.25) is 0 Å². The molecule has 5 nitrogen and oxygen atoms in total. The van der Waals surface area contributed by atoms with Gasteiger partial charge in [-0.25, -0.2) is 9.78 Å². The highest BCUT2D eigenvalue weighted by molar-refractivity contribution is 7.11. The largest absolute Gasteiger partial charge is 0.476 e. The predicted octanol–water partition coefficient (Wildman–Crippen LogP) is 2.15. The number of amides is 1. The van der Waals surface area contributed by atoms with E-state index < -0.39 is 5.97 Å². The third kappa shape index (κ3) is 3.81. The molecule has 0 spiro atoms. The Bertz CT molecular complexity index is 426. The van der Waals surface area contributed by atoms with Crippen LogP contribution in [0.4, 0.5) is 0 Å². The van der Waals surface area contributed by atoms with Crippen molar-refractivity contribution in [2.75, 3.05) is 0 Å². The molecule has 0 fully saturated rings. The van der Waals surface area contributed by atoms with E-state index in [4.69, 9.17) is 5.11 Å². The van der Waals surface area contributed by atoms with Crippen LogP contribution in [0.3, 0.4) is 0 Å². The number of aromatic nitrogens is 1. The summed E-state index contributed by atoms with van der Waals surface area (Å²) >= 11 is 1.04. The van der Waals surface area contributed by atoms with E-state index in [9.17, 15) is 9.59 Å². The quantitative estimate of drug-likeness (QED) is 0.846. The Labute approximate surface area is 104 Å². The lowest BCUT2D eigenvalue weighted by Gasteiger charge is -2.25. The van der Waals surface area contributed by atoms with E-state index in [-0.39, 0.29) is 22.1 Å². The topological polar surface area (TPSA) is 79.3 Å². The summed E-state index contributed by atoms with van der Waals surface area (Å²) in [6.07, 6.45) is 1.82. The van der Waals surface area contributed by atoms with Crippen molar-refractivity contribution in [3.05, 3.63) is 16.1 Å². The SMILES string of the molecule is CCCC(C)(C)NC(=O)c1nc(C(=O)O)cs1. The number of hydrogen-bond acceptors (Lipinski definition) is 4. The van der Waals surface area contributed by atoms with Crippen LogP contribution < -0.4 is 5.32 Å². The average Bonchev–Trinajstić information content (AvgIpc) is 2.64. The van der Waals surface area contributed by atoms with Gasteiger partial charge in [0, 0.05) is 10.9 Å². The number of carbonyl (C=O) groups excluding carboxylic acids is 1. The van der Waals surface area contributed by atoms with Gasteiger partial charge in [-0.05, 0) is 20.3 Å². The maximum Gasteiger partial charge on any atom is 0.355 e. The van der Waals surface area contributed by atoms with Gasteiger partial charge in [-0.3, -0.25) is 4.79 Å². The summed E-state index contributed by atoms with van der Waals surface area (Å²) in [5, 5.41) is 13.1. The first-order valence-electron chi connectivity index (χ1n) is 5.37. The van der Waals surface area contributed by atoms with Crippen LogP contribution >= 0.6 is 11.3 Å². The third-order valence-corrected chi connectivity index (χ3v) is 3.09. The second-order valence-electron chi connectivity index (χ2n) is 4.43. The van der Waals surface area contributed by atoms with Crippen LogP contribution in [-0.4, -0.2) is 27.5 Å². The van der Waals surface area contributed by atoms with Gasteiger partial charge in [-0.2, -0.15) is 0 Å². The molecular weight excluding hydrogens is 240 g/mol. The summed E-state index contributed by atoms with van der Waals surface area (Å²) in [4.78, 5) is 26.2. The molecule has 1 heterocycles. The number of nitrogens with zero attached hydrogens (tertiary/aromatic N) is 1. The minimum Gasteiger partial charge on any atom is -0.476 e. The monoisotopic (exact) mass is 256 g/mol. The molecule has 1 rings (SSSR count). The van der Waals surface area contributed by atoms with Crippen molar-refractivity contribution in [3.8, 4) is 0 Å². The van der Waals surface area contributed by atoms with E-state index in [0.717, 1.165) is 24.2 Å². The molecule has 0 unspecified atom stereocenters. The fourth-order valence-corrected chi connectivity index (χ4v) is 2.21. The first-order valence-corrected chi connectivity index (χ1v) is 6.25. The Morgan fingerprint density at radius 2 is 2.18 bits per heavy atom. The Hall–Kier alpha value is -1.43. The minimum absolute atomic E-state index is 0.0894. The van der Waals surface area contributed by atoms with Gasteiger partial charge in [0.2, 0.25) is 0 Å². The van der Waals surface area contributed by atoms with Crippen LogP contribution in [0, 0.1) is 0 Å². The van der Waals surface area contributed by atoms with Gasteiger partial charge in [0.15, 0.2) is 10.7 Å². The summed E-state index contributed by atoms with van der Waals surface area (Å²) < 4.78 is 0. The molecular formula is C11H16N2O3S. The average molecular weight is 256 g/mol.